The van der Waals surface area contributed by atoms with E-state index in [0.717, 1.165) is 5.56 Å². The summed E-state index contributed by atoms with van der Waals surface area (Å²) in [7, 11) is 0. The SMILES string of the molecule is C=CC(=O)N1C[C@H](C)N(c2nc(=O)n(-c3c(C)ccnc3C(C)C)c3nc(-c4c(F)cccc4SC)c(F)cc23)C[C@H]1C. The summed E-state index contributed by atoms with van der Waals surface area (Å²) in [5.41, 5.74) is 1.28. The molecule has 5 rings (SSSR count). The van der Waals surface area contributed by atoms with E-state index in [0.29, 0.717) is 34.8 Å². The molecule has 1 aromatic carbocycles. The Bertz CT molecular complexity index is 1810. The number of aromatic nitrogens is 4. The van der Waals surface area contributed by atoms with Crippen LogP contribution in [0.5, 0.6) is 0 Å². The van der Waals surface area contributed by atoms with Crippen molar-refractivity contribution in [2.75, 3.05) is 24.2 Å². The standard InChI is InChI=1S/C32H34F2N6O2S/c1-8-25(41)38-15-20(6)39(16-19(38)5)30-21-14-23(34)28(26-22(33)10-9-11-24(26)43-7)36-31(21)40(32(42)37-30)29-18(4)12-13-35-27(29)17(2)3/h8-14,17,19-20H,1,15-16H2,2-7H3/t19-,20+/m1/s1. The van der Waals surface area contributed by atoms with Gasteiger partial charge in [-0.3, -0.25) is 9.78 Å². The third-order valence-electron chi connectivity index (χ3n) is 7.87. The average molecular weight is 605 g/mol. The second kappa shape index (κ2) is 11.9. The van der Waals surface area contributed by atoms with Crippen molar-refractivity contribution in [1.29, 1.82) is 0 Å². The quantitative estimate of drug-likeness (QED) is 0.201. The molecule has 3 aromatic heterocycles. The van der Waals surface area contributed by atoms with Gasteiger partial charge in [-0.05, 0) is 68.8 Å². The summed E-state index contributed by atoms with van der Waals surface area (Å²) in [4.78, 5) is 44.4. The molecular weight excluding hydrogens is 570 g/mol. The van der Waals surface area contributed by atoms with Crippen molar-refractivity contribution in [2.24, 2.45) is 0 Å². The van der Waals surface area contributed by atoms with Gasteiger partial charge < -0.3 is 9.80 Å². The molecule has 11 heteroatoms. The van der Waals surface area contributed by atoms with Crippen LogP contribution in [0.4, 0.5) is 14.6 Å². The zero-order chi connectivity index (χ0) is 31.2. The van der Waals surface area contributed by atoms with Crippen LogP contribution in [0.25, 0.3) is 28.0 Å². The van der Waals surface area contributed by atoms with E-state index >= 15 is 8.78 Å². The van der Waals surface area contributed by atoms with Gasteiger partial charge in [-0.25, -0.2) is 23.1 Å². The summed E-state index contributed by atoms with van der Waals surface area (Å²) in [6.07, 6.45) is 4.74. The maximum absolute atomic E-state index is 16.1. The second-order valence-corrected chi connectivity index (χ2v) is 12.0. The van der Waals surface area contributed by atoms with Gasteiger partial charge in [-0.15, -0.1) is 11.8 Å². The minimum atomic E-state index is -0.741. The van der Waals surface area contributed by atoms with E-state index in [1.807, 2.05) is 39.5 Å². The van der Waals surface area contributed by atoms with E-state index in [4.69, 9.17) is 4.98 Å². The number of hydrogen-bond acceptors (Lipinski definition) is 7. The Labute approximate surface area is 253 Å². The molecule has 8 nitrogen and oxygen atoms in total. The molecule has 0 aliphatic carbocycles. The molecule has 0 N–H and O–H groups in total. The van der Waals surface area contributed by atoms with Gasteiger partial charge in [0.2, 0.25) is 5.91 Å². The smallest absolute Gasteiger partial charge is 0.349 e. The number of halogens is 2. The van der Waals surface area contributed by atoms with Crippen molar-refractivity contribution >= 4 is 34.5 Å². The molecule has 4 heterocycles. The van der Waals surface area contributed by atoms with E-state index in [1.54, 1.807) is 35.6 Å². The van der Waals surface area contributed by atoms with Gasteiger partial charge >= 0.3 is 5.69 Å². The minimum absolute atomic E-state index is 0.0253. The molecule has 1 amide bonds. The Kier molecular flexibility index (Phi) is 8.38. The number of benzene rings is 1. The van der Waals surface area contributed by atoms with Gasteiger partial charge in [-0.2, -0.15) is 4.98 Å². The van der Waals surface area contributed by atoms with E-state index in [2.05, 4.69) is 16.5 Å². The van der Waals surface area contributed by atoms with Crippen molar-refractivity contribution in [3.8, 4) is 16.9 Å². The van der Waals surface area contributed by atoms with E-state index < -0.39 is 17.3 Å². The molecule has 224 valence electrons. The number of amides is 1. The van der Waals surface area contributed by atoms with E-state index in [-0.39, 0.29) is 46.6 Å². The van der Waals surface area contributed by atoms with Gasteiger partial charge in [0.05, 0.1) is 22.3 Å². The fourth-order valence-corrected chi connectivity index (χ4v) is 6.35. The van der Waals surface area contributed by atoms with Crippen LogP contribution in [0, 0.1) is 18.6 Å². The van der Waals surface area contributed by atoms with E-state index in [1.165, 1.54) is 34.5 Å². The minimum Gasteiger partial charge on any atom is -0.349 e. The molecule has 1 aliphatic rings. The number of piperazine rings is 1. The van der Waals surface area contributed by atoms with Crippen molar-refractivity contribution in [3.05, 3.63) is 82.6 Å². The lowest BCUT2D eigenvalue weighted by atomic mass is 10.0. The lowest BCUT2D eigenvalue weighted by Crippen LogP contribution is -2.58. The lowest BCUT2D eigenvalue weighted by Gasteiger charge is -2.44. The molecule has 0 radical (unpaired) electrons. The van der Waals surface area contributed by atoms with Crippen LogP contribution in [0.2, 0.25) is 0 Å². The maximum atomic E-state index is 16.1. The number of carbonyl (C=O) groups is 1. The number of aryl methyl sites for hydroxylation is 1. The molecule has 0 bridgehead atoms. The van der Waals surface area contributed by atoms with Crippen LogP contribution < -0.4 is 10.6 Å². The van der Waals surface area contributed by atoms with Crippen LogP contribution in [-0.4, -0.2) is 61.8 Å². The normalized spacial score (nSPS) is 17.1. The summed E-state index contributed by atoms with van der Waals surface area (Å²) in [6.45, 7) is 13.9. The van der Waals surface area contributed by atoms with Gasteiger partial charge in [-0.1, -0.05) is 26.5 Å². The van der Waals surface area contributed by atoms with Crippen molar-refractivity contribution in [2.45, 2.75) is 57.5 Å². The highest BCUT2D eigenvalue weighted by Gasteiger charge is 2.34. The average Bonchev–Trinajstić information content (AvgIpc) is 2.97. The highest BCUT2D eigenvalue weighted by atomic mass is 32.2. The first kappa shape index (κ1) is 30.3. The van der Waals surface area contributed by atoms with Gasteiger partial charge in [0.1, 0.15) is 17.3 Å². The largest absolute Gasteiger partial charge is 0.355 e. The Morgan fingerprint density at radius 1 is 1.12 bits per heavy atom. The number of hydrogen-bond donors (Lipinski definition) is 0. The number of anilines is 1. The third-order valence-corrected chi connectivity index (χ3v) is 8.65. The van der Waals surface area contributed by atoms with Crippen molar-refractivity contribution < 1.29 is 13.6 Å². The highest BCUT2D eigenvalue weighted by molar-refractivity contribution is 7.98. The fourth-order valence-electron chi connectivity index (χ4n) is 5.74. The van der Waals surface area contributed by atoms with Crippen LogP contribution in [0.3, 0.4) is 0 Å². The van der Waals surface area contributed by atoms with Crippen LogP contribution in [-0.2, 0) is 4.79 Å². The van der Waals surface area contributed by atoms with Gasteiger partial charge in [0.25, 0.3) is 0 Å². The number of fused-ring (bicyclic) bond motifs is 1. The molecule has 0 unspecified atom stereocenters. The highest BCUT2D eigenvalue weighted by Crippen LogP contribution is 2.37. The first-order valence-corrected chi connectivity index (χ1v) is 15.3. The van der Waals surface area contributed by atoms with Crippen LogP contribution in [0.15, 0.2) is 58.9 Å². The number of nitrogens with zero attached hydrogens (tertiary/aromatic N) is 6. The zero-order valence-electron chi connectivity index (χ0n) is 25.1. The summed E-state index contributed by atoms with van der Waals surface area (Å²) in [5, 5.41) is 0.295. The summed E-state index contributed by atoms with van der Waals surface area (Å²) in [5.74, 6) is -1.35. The number of thioether (sulfide) groups is 1. The Hall–Kier alpha value is -4.12. The Morgan fingerprint density at radius 3 is 2.53 bits per heavy atom. The topological polar surface area (TPSA) is 84.2 Å². The maximum Gasteiger partial charge on any atom is 0.355 e. The first-order chi connectivity index (χ1) is 20.5. The van der Waals surface area contributed by atoms with Crippen molar-refractivity contribution in [3.63, 3.8) is 0 Å². The van der Waals surface area contributed by atoms with Gasteiger partial charge in [0.15, 0.2) is 11.5 Å². The molecule has 1 saturated heterocycles. The molecule has 43 heavy (non-hydrogen) atoms. The van der Waals surface area contributed by atoms with Crippen LogP contribution in [0.1, 0.15) is 44.9 Å². The van der Waals surface area contributed by atoms with Gasteiger partial charge in [0, 0.05) is 36.3 Å². The molecule has 0 spiro atoms. The number of carbonyl (C=O) groups excluding carboxylic acids is 1. The monoisotopic (exact) mass is 604 g/mol. The Balaban J connectivity index is 1.85. The molecular formula is C32H34F2N6O2S. The first-order valence-electron chi connectivity index (χ1n) is 14.1. The molecule has 1 aliphatic heterocycles. The molecule has 1 fully saturated rings. The zero-order valence-corrected chi connectivity index (χ0v) is 25.9. The van der Waals surface area contributed by atoms with E-state index in [9.17, 15) is 9.59 Å². The summed E-state index contributed by atoms with van der Waals surface area (Å²) >= 11 is 1.28. The second-order valence-electron chi connectivity index (χ2n) is 11.1. The molecule has 2 atom stereocenters. The van der Waals surface area contributed by atoms with Crippen LogP contribution >= 0.6 is 11.8 Å². The Morgan fingerprint density at radius 2 is 1.86 bits per heavy atom. The number of pyridine rings is 2. The fraction of sp³-hybridized carbons (Fsp3) is 0.344. The molecule has 4 aromatic rings. The summed E-state index contributed by atoms with van der Waals surface area (Å²) in [6, 6.07) is 7.12. The summed E-state index contributed by atoms with van der Waals surface area (Å²) < 4.78 is 32.8. The number of rotatable bonds is 6. The van der Waals surface area contributed by atoms with Crippen molar-refractivity contribution in [1.82, 2.24) is 24.4 Å². The molecule has 0 saturated carbocycles. The predicted octanol–water partition coefficient (Wildman–Crippen LogP) is 5.89. The third kappa shape index (κ3) is 5.30. The predicted molar refractivity (Wildman–Crippen MR) is 167 cm³/mol. The lowest BCUT2D eigenvalue weighted by molar-refractivity contribution is -0.128.